The fourth-order valence-electron chi connectivity index (χ4n) is 5.57. The van der Waals surface area contributed by atoms with Gasteiger partial charge in [0.1, 0.15) is 5.82 Å². The van der Waals surface area contributed by atoms with E-state index in [1.807, 2.05) is 48.7 Å². The summed E-state index contributed by atoms with van der Waals surface area (Å²) in [5.74, 6) is -2.40. The molecule has 1 amide bonds. The van der Waals surface area contributed by atoms with Gasteiger partial charge in [0.05, 0.1) is 35.6 Å². The van der Waals surface area contributed by atoms with Crippen molar-refractivity contribution < 1.29 is 34.1 Å². The van der Waals surface area contributed by atoms with E-state index in [1.54, 1.807) is 36.4 Å². The van der Waals surface area contributed by atoms with Gasteiger partial charge in [0.2, 0.25) is 0 Å². The molecule has 0 aliphatic rings. The Morgan fingerprint density at radius 2 is 1.50 bits per heavy atom. The van der Waals surface area contributed by atoms with E-state index in [0.29, 0.717) is 39.3 Å². The zero-order valence-electron chi connectivity index (χ0n) is 25.0. The van der Waals surface area contributed by atoms with E-state index in [9.17, 15) is 29.0 Å². The first-order valence-electron chi connectivity index (χ1n) is 14.5. The standard InChI is InChI=1S/C35H37FN2O6/c1-21(2)33-32(35(44)37-29-12-8-7-11-28(29)22(3)39)31(23-9-5-4-6-10-23)34(24-13-15-25(36)16-14-24)38(33)18-17-26(40)19-27(41)20-30(42)43/h4-16,21,26-27,40-41H,17-20H2,1-3H3,(H,37,44)(H,42,43)/t26-,27-/m1/s1. The van der Waals surface area contributed by atoms with Crippen molar-refractivity contribution in [1.29, 1.82) is 0 Å². The van der Waals surface area contributed by atoms with Crippen LogP contribution in [0.3, 0.4) is 0 Å². The van der Waals surface area contributed by atoms with Crippen molar-refractivity contribution in [1.82, 2.24) is 4.57 Å². The average molecular weight is 601 g/mol. The van der Waals surface area contributed by atoms with Crippen LogP contribution in [0, 0.1) is 5.82 Å². The minimum atomic E-state index is -1.21. The van der Waals surface area contributed by atoms with Gasteiger partial charge in [0.15, 0.2) is 5.78 Å². The Kier molecular flexibility index (Phi) is 10.5. The number of carbonyl (C=O) groups is 3. The number of halogens is 1. The van der Waals surface area contributed by atoms with Crippen LogP contribution in [0.15, 0.2) is 78.9 Å². The molecule has 4 rings (SSSR count). The summed E-state index contributed by atoms with van der Waals surface area (Å²) >= 11 is 0. The predicted molar refractivity (Wildman–Crippen MR) is 167 cm³/mol. The second-order valence-corrected chi connectivity index (χ2v) is 11.1. The second kappa shape index (κ2) is 14.2. The minimum Gasteiger partial charge on any atom is -0.481 e. The van der Waals surface area contributed by atoms with Gasteiger partial charge >= 0.3 is 5.97 Å². The molecule has 8 nitrogen and oxygen atoms in total. The maximum absolute atomic E-state index is 14.3. The molecule has 0 saturated heterocycles. The molecule has 1 aromatic heterocycles. The third-order valence-electron chi connectivity index (χ3n) is 7.45. The van der Waals surface area contributed by atoms with Gasteiger partial charge in [-0.3, -0.25) is 14.4 Å². The van der Waals surface area contributed by atoms with E-state index in [4.69, 9.17) is 5.11 Å². The summed E-state index contributed by atoms with van der Waals surface area (Å²) in [6, 6.07) is 22.1. The fraction of sp³-hybridized carbons (Fsp3) is 0.286. The number of amides is 1. The van der Waals surface area contributed by atoms with Gasteiger partial charge in [-0.25, -0.2) is 4.39 Å². The van der Waals surface area contributed by atoms with Crippen LogP contribution >= 0.6 is 0 Å². The molecule has 4 aromatic rings. The van der Waals surface area contributed by atoms with Crippen LogP contribution in [0.5, 0.6) is 0 Å². The number of nitrogens with one attached hydrogen (secondary N) is 1. The van der Waals surface area contributed by atoms with Crippen molar-refractivity contribution in [3.8, 4) is 22.4 Å². The number of benzene rings is 3. The number of aliphatic hydroxyl groups excluding tert-OH is 2. The van der Waals surface area contributed by atoms with Crippen LogP contribution in [0.2, 0.25) is 0 Å². The van der Waals surface area contributed by atoms with Gasteiger partial charge in [-0.2, -0.15) is 0 Å². The van der Waals surface area contributed by atoms with Crippen LogP contribution < -0.4 is 5.32 Å². The lowest BCUT2D eigenvalue weighted by molar-refractivity contribution is -0.139. The summed E-state index contributed by atoms with van der Waals surface area (Å²) in [4.78, 5) is 37.7. The molecule has 2 atom stereocenters. The number of anilines is 1. The molecule has 44 heavy (non-hydrogen) atoms. The van der Waals surface area contributed by atoms with Gasteiger partial charge in [-0.15, -0.1) is 0 Å². The zero-order chi connectivity index (χ0) is 32.0. The highest BCUT2D eigenvalue weighted by Crippen LogP contribution is 2.42. The lowest BCUT2D eigenvalue weighted by atomic mass is 9.94. The summed E-state index contributed by atoms with van der Waals surface area (Å²) in [5.41, 5.74) is 4.43. The number of carbonyl (C=O) groups excluding carboxylic acids is 2. The Morgan fingerprint density at radius 3 is 2.11 bits per heavy atom. The van der Waals surface area contributed by atoms with Gasteiger partial charge in [-0.05, 0) is 73.2 Å². The number of carboxylic acids is 1. The monoisotopic (exact) mass is 600 g/mol. The summed E-state index contributed by atoms with van der Waals surface area (Å²) in [6.07, 6.45) is -2.69. The van der Waals surface area contributed by atoms with E-state index >= 15 is 0 Å². The number of aliphatic carboxylic acids is 1. The first-order valence-corrected chi connectivity index (χ1v) is 14.5. The van der Waals surface area contributed by atoms with Gasteiger partial charge < -0.3 is 25.2 Å². The fourth-order valence-corrected chi connectivity index (χ4v) is 5.57. The molecule has 3 aromatic carbocycles. The normalized spacial score (nSPS) is 12.6. The van der Waals surface area contributed by atoms with Crippen LogP contribution in [0.1, 0.15) is 72.4 Å². The highest BCUT2D eigenvalue weighted by molar-refractivity contribution is 6.14. The Labute approximate surface area is 255 Å². The van der Waals surface area contributed by atoms with Crippen LogP contribution in [0.4, 0.5) is 10.1 Å². The summed E-state index contributed by atoms with van der Waals surface area (Å²) < 4.78 is 16.0. The number of aromatic nitrogens is 1. The Balaban J connectivity index is 1.92. The second-order valence-electron chi connectivity index (χ2n) is 11.1. The van der Waals surface area contributed by atoms with Crippen molar-refractivity contribution in [2.24, 2.45) is 0 Å². The molecule has 4 N–H and O–H groups in total. The number of aliphatic hydroxyl groups is 2. The smallest absolute Gasteiger partial charge is 0.305 e. The number of nitrogens with zero attached hydrogens (tertiary/aromatic N) is 1. The Morgan fingerprint density at radius 1 is 0.864 bits per heavy atom. The first kappa shape index (κ1) is 32.3. The van der Waals surface area contributed by atoms with Crippen molar-refractivity contribution in [2.75, 3.05) is 5.32 Å². The minimum absolute atomic E-state index is 0.128. The number of ketones is 1. The third kappa shape index (κ3) is 7.48. The molecule has 0 aliphatic heterocycles. The molecule has 1 heterocycles. The number of carboxylic acid groups (broad SMARTS) is 1. The summed E-state index contributed by atoms with van der Waals surface area (Å²) in [6.45, 7) is 5.55. The van der Waals surface area contributed by atoms with Crippen LogP contribution in [-0.4, -0.2) is 49.8 Å². The molecule has 0 fully saturated rings. The highest BCUT2D eigenvalue weighted by Gasteiger charge is 2.31. The molecule has 9 heteroatoms. The van der Waals surface area contributed by atoms with Crippen molar-refractivity contribution >= 4 is 23.3 Å². The average Bonchev–Trinajstić information content (AvgIpc) is 3.32. The van der Waals surface area contributed by atoms with Crippen molar-refractivity contribution in [3.63, 3.8) is 0 Å². The molecule has 0 aliphatic carbocycles. The molecule has 0 radical (unpaired) electrons. The van der Waals surface area contributed by atoms with Crippen molar-refractivity contribution in [2.45, 2.75) is 64.7 Å². The Hall–Kier alpha value is -4.60. The maximum atomic E-state index is 14.3. The lowest BCUT2D eigenvalue weighted by Crippen LogP contribution is -2.22. The summed E-state index contributed by atoms with van der Waals surface area (Å²) in [7, 11) is 0. The first-order chi connectivity index (χ1) is 21.0. The molecule has 0 spiro atoms. The number of hydrogen-bond donors (Lipinski definition) is 4. The number of rotatable bonds is 13. The SMILES string of the molecule is CC(=O)c1ccccc1NC(=O)c1c(-c2ccccc2)c(-c2ccc(F)cc2)n(CC[C@@H](O)C[C@@H](O)CC(=O)O)c1C(C)C. The topological polar surface area (TPSA) is 129 Å². The number of Topliss-reactive ketones (excluding diaryl/α,β-unsaturated/α-hetero) is 1. The van der Waals surface area contributed by atoms with Gasteiger partial charge in [0.25, 0.3) is 5.91 Å². The largest absolute Gasteiger partial charge is 0.481 e. The zero-order valence-corrected chi connectivity index (χ0v) is 25.0. The molecule has 0 bridgehead atoms. The molecule has 230 valence electrons. The molecule has 0 saturated carbocycles. The van der Waals surface area contributed by atoms with Crippen LogP contribution in [-0.2, 0) is 11.3 Å². The lowest BCUT2D eigenvalue weighted by Gasteiger charge is -2.20. The molecular weight excluding hydrogens is 563 g/mol. The van der Waals surface area contributed by atoms with Crippen LogP contribution in [0.25, 0.3) is 22.4 Å². The number of para-hydroxylation sites is 1. The Bertz CT molecular complexity index is 1630. The van der Waals surface area contributed by atoms with Gasteiger partial charge in [0, 0.05) is 23.4 Å². The third-order valence-corrected chi connectivity index (χ3v) is 7.45. The quantitative estimate of drug-likeness (QED) is 0.129. The van der Waals surface area contributed by atoms with E-state index in [-0.39, 0.29) is 31.1 Å². The van der Waals surface area contributed by atoms with E-state index < -0.39 is 36.3 Å². The predicted octanol–water partition coefficient (Wildman–Crippen LogP) is 6.52. The van der Waals surface area contributed by atoms with E-state index in [2.05, 4.69) is 5.32 Å². The van der Waals surface area contributed by atoms with E-state index in [0.717, 1.165) is 5.56 Å². The maximum Gasteiger partial charge on any atom is 0.305 e. The highest BCUT2D eigenvalue weighted by atomic mass is 19.1. The summed E-state index contributed by atoms with van der Waals surface area (Å²) in [5, 5.41) is 32.8. The molecule has 0 unspecified atom stereocenters. The number of hydrogen-bond acceptors (Lipinski definition) is 5. The molecular formula is C35H37FN2O6. The van der Waals surface area contributed by atoms with Crippen molar-refractivity contribution in [3.05, 3.63) is 102 Å². The van der Waals surface area contributed by atoms with Gasteiger partial charge in [-0.1, -0.05) is 56.3 Å². The van der Waals surface area contributed by atoms with E-state index in [1.165, 1.54) is 19.1 Å².